The van der Waals surface area contributed by atoms with Crippen molar-refractivity contribution < 1.29 is 9.59 Å². The second-order valence-corrected chi connectivity index (χ2v) is 11.4. The summed E-state index contributed by atoms with van der Waals surface area (Å²) < 4.78 is 1.90. The fourth-order valence-electron chi connectivity index (χ4n) is 5.37. The summed E-state index contributed by atoms with van der Waals surface area (Å²) in [6.07, 6.45) is 8.16. The minimum atomic E-state index is -0.148. The van der Waals surface area contributed by atoms with Crippen LogP contribution < -0.4 is 5.32 Å². The van der Waals surface area contributed by atoms with Gasteiger partial charge in [-0.25, -0.2) is 4.98 Å². The molecule has 1 atom stereocenters. The lowest BCUT2D eigenvalue weighted by molar-refractivity contribution is -0.122. The van der Waals surface area contributed by atoms with Crippen LogP contribution in [0.4, 0.5) is 5.13 Å². The summed E-state index contributed by atoms with van der Waals surface area (Å²) in [5.41, 5.74) is 6.16. The van der Waals surface area contributed by atoms with Crippen molar-refractivity contribution in [3.63, 3.8) is 0 Å². The van der Waals surface area contributed by atoms with Gasteiger partial charge >= 0.3 is 0 Å². The van der Waals surface area contributed by atoms with Crippen LogP contribution in [-0.2, 0) is 24.2 Å². The standard InChI is InChI=1S/C30H31N5O2S/c1-20-5-7-22(8-6-20)24-17-31-35(19-24)18-21-3-2-4-23(15-21)29(37)33-30-32-27-10-9-25(16-28(27)38-30)34-13-11-26(36)12-14-34/h2-8,15,17,19,25H,9-14,16,18H2,1H3,(H,32,33,37). The highest BCUT2D eigenvalue weighted by molar-refractivity contribution is 7.15. The predicted octanol–water partition coefficient (Wildman–Crippen LogP) is 5.14. The largest absolute Gasteiger partial charge is 0.300 e. The van der Waals surface area contributed by atoms with Gasteiger partial charge in [-0.05, 0) is 49.4 Å². The fraction of sp³-hybridized carbons (Fsp3) is 0.333. The van der Waals surface area contributed by atoms with Crippen molar-refractivity contribution in [2.45, 2.75) is 51.6 Å². The van der Waals surface area contributed by atoms with Gasteiger partial charge in [0.1, 0.15) is 5.78 Å². The van der Waals surface area contributed by atoms with Crippen LogP contribution >= 0.6 is 11.3 Å². The number of likely N-dealkylation sites (tertiary alicyclic amines) is 1. The Labute approximate surface area is 226 Å². The van der Waals surface area contributed by atoms with Crippen molar-refractivity contribution in [3.8, 4) is 11.1 Å². The number of thiazole rings is 1. The third-order valence-corrected chi connectivity index (χ3v) is 8.59. The Hall–Kier alpha value is -3.62. The summed E-state index contributed by atoms with van der Waals surface area (Å²) in [7, 11) is 0. The van der Waals surface area contributed by atoms with E-state index in [0.29, 0.717) is 41.9 Å². The Bertz CT molecular complexity index is 1460. The lowest BCUT2D eigenvalue weighted by atomic mass is 9.94. The molecule has 1 N–H and O–H groups in total. The van der Waals surface area contributed by atoms with E-state index in [9.17, 15) is 9.59 Å². The van der Waals surface area contributed by atoms with Gasteiger partial charge < -0.3 is 0 Å². The minimum absolute atomic E-state index is 0.148. The van der Waals surface area contributed by atoms with E-state index in [-0.39, 0.29) is 5.91 Å². The van der Waals surface area contributed by atoms with E-state index < -0.39 is 0 Å². The Morgan fingerprint density at radius 1 is 1.08 bits per heavy atom. The van der Waals surface area contributed by atoms with E-state index in [1.807, 2.05) is 41.3 Å². The van der Waals surface area contributed by atoms with Crippen LogP contribution in [0.5, 0.6) is 0 Å². The summed E-state index contributed by atoms with van der Waals surface area (Å²) in [6, 6.07) is 16.6. The highest BCUT2D eigenvalue weighted by Gasteiger charge is 2.29. The highest BCUT2D eigenvalue weighted by atomic mass is 32.1. The zero-order valence-corrected chi connectivity index (χ0v) is 22.3. The maximum Gasteiger partial charge on any atom is 0.257 e. The zero-order chi connectivity index (χ0) is 26.1. The number of rotatable bonds is 6. The lowest BCUT2D eigenvalue weighted by Gasteiger charge is -2.35. The number of hydrogen-bond acceptors (Lipinski definition) is 6. The van der Waals surface area contributed by atoms with Crippen molar-refractivity contribution in [2.75, 3.05) is 18.4 Å². The van der Waals surface area contributed by atoms with Crippen molar-refractivity contribution in [1.29, 1.82) is 0 Å². The van der Waals surface area contributed by atoms with Crippen molar-refractivity contribution in [1.82, 2.24) is 19.7 Å². The van der Waals surface area contributed by atoms with Gasteiger partial charge in [-0.2, -0.15) is 5.10 Å². The molecule has 0 radical (unpaired) electrons. The molecule has 0 bridgehead atoms. The van der Waals surface area contributed by atoms with E-state index >= 15 is 0 Å². The van der Waals surface area contributed by atoms with Crippen LogP contribution in [-0.4, -0.2) is 50.5 Å². The molecular weight excluding hydrogens is 494 g/mol. The Balaban J connectivity index is 1.09. The molecule has 1 saturated heterocycles. The molecule has 0 spiro atoms. The Morgan fingerprint density at radius 2 is 1.89 bits per heavy atom. The molecule has 1 aliphatic carbocycles. The third-order valence-electron chi connectivity index (χ3n) is 7.56. The molecule has 1 fully saturated rings. The number of anilines is 1. The number of carbonyl (C=O) groups excluding carboxylic acids is 2. The van der Waals surface area contributed by atoms with Gasteiger partial charge in [0.2, 0.25) is 0 Å². The monoisotopic (exact) mass is 525 g/mol. The van der Waals surface area contributed by atoms with Gasteiger partial charge in [0.15, 0.2) is 5.13 Å². The average Bonchev–Trinajstić information content (AvgIpc) is 3.56. The van der Waals surface area contributed by atoms with Crippen LogP contribution in [0.3, 0.4) is 0 Å². The third kappa shape index (κ3) is 5.47. The summed E-state index contributed by atoms with van der Waals surface area (Å²) in [5, 5.41) is 8.21. The lowest BCUT2D eigenvalue weighted by Crippen LogP contribution is -2.44. The molecule has 1 amide bonds. The van der Waals surface area contributed by atoms with E-state index in [4.69, 9.17) is 4.98 Å². The maximum absolute atomic E-state index is 13.1. The average molecular weight is 526 g/mol. The van der Waals surface area contributed by atoms with Crippen LogP contribution in [0.1, 0.15) is 51.3 Å². The molecule has 4 aromatic rings. The van der Waals surface area contributed by atoms with Crippen LogP contribution in [0.2, 0.25) is 0 Å². The molecule has 0 saturated carbocycles. The number of carbonyl (C=O) groups is 2. The fourth-order valence-corrected chi connectivity index (χ4v) is 6.45. The molecule has 2 aliphatic rings. The number of nitrogens with one attached hydrogen (secondary N) is 1. The SMILES string of the molecule is Cc1ccc(-c2cnn(Cc3cccc(C(=O)Nc4nc5c(s4)CC(N4CCC(=O)CC4)CC5)c3)c2)cc1. The van der Waals surface area contributed by atoms with Gasteiger partial charge in [-0.15, -0.1) is 11.3 Å². The molecule has 6 rings (SSSR count). The van der Waals surface area contributed by atoms with Gasteiger partial charge in [-0.1, -0.05) is 42.0 Å². The van der Waals surface area contributed by atoms with Gasteiger partial charge in [0.25, 0.3) is 5.91 Å². The zero-order valence-electron chi connectivity index (χ0n) is 21.5. The van der Waals surface area contributed by atoms with E-state index in [1.54, 1.807) is 11.3 Å². The number of amides is 1. The van der Waals surface area contributed by atoms with E-state index in [0.717, 1.165) is 54.7 Å². The number of aryl methyl sites for hydroxylation is 2. The number of fused-ring (bicyclic) bond motifs is 1. The quantitative estimate of drug-likeness (QED) is 0.377. The second-order valence-electron chi connectivity index (χ2n) is 10.3. The van der Waals surface area contributed by atoms with Crippen LogP contribution in [0.25, 0.3) is 11.1 Å². The minimum Gasteiger partial charge on any atom is -0.300 e. The first-order chi connectivity index (χ1) is 18.5. The number of ketones is 1. The Morgan fingerprint density at radius 3 is 2.71 bits per heavy atom. The first kappa shape index (κ1) is 24.7. The Kier molecular flexibility index (Phi) is 6.91. The molecule has 1 unspecified atom stereocenters. The van der Waals surface area contributed by atoms with Crippen molar-refractivity contribution in [3.05, 3.63) is 88.2 Å². The second kappa shape index (κ2) is 10.6. The first-order valence-electron chi connectivity index (χ1n) is 13.2. The van der Waals surface area contributed by atoms with Crippen molar-refractivity contribution in [2.24, 2.45) is 0 Å². The summed E-state index contributed by atoms with van der Waals surface area (Å²) in [4.78, 5) is 33.1. The van der Waals surface area contributed by atoms with E-state index in [2.05, 4.69) is 46.5 Å². The molecular formula is C30H31N5O2S. The molecule has 38 heavy (non-hydrogen) atoms. The topological polar surface area (TPSA) is 80.1 Å². The van der Waals surface area contributed by atoms with Crippen LogP contribution in [0, 0.1) is 6.92 Å². The number of aromatic nitrogens is 3. The molecule has 194 valence electrons. The first-order valence-corrected chi connectivity index (χ1v) is 14.1. The van der Waals surface area contributed by atoms with Crippen molar-refractivity contribution >= 4 is 28.2 Å². The number of piperidine rings is 1. The number of nitrogens with zero attached hydrogens (tertiary/aromatic N) is 4. The summed E-state index contributed by atoms with van der Waals surface area (Å²) in [5.74, 6) is 0.228. The predicted molar refractivity (Wildman–Crippen MR) is 150 cm³/mol. The molecule has 8 heteroatoms. The smallest absolute Gasteiger partial charge is 0.257 e. The van der Waals surface area contributed by atoms with E-state index in [1.165, 1.54) is 10.4 Å². The molecule has 2 aromatic heterocycles. The van der Waals surface area contributed by atoms with Gasteiger partial charge in [0.05, 0.1) is 18.4 Å². The maximum atomic E-state index is 13.1. The van der Waals surface area contributed by atoms with Gasteiger partial charge in [-0.3, -0.25) is 24.5 Å². The summed E-state index contributed by atoms with van der Waals surface area (Å²) in [6.45, 7) is 4.39. The van der Waals surface area contributed by atoms with Gasteiger partial charge in [0, 0.05) is 54.2 Å². The summed E-state index contributed by atoms with van der Waals surface area (Å²) >= 11 is 1.58. The molecule has 2 aromatic carbocycles. The number of hydrogen-bond donors (Lipinski definition) is 1. The molecule has 7 nitrogen and oxygen atoms in total. The number of benzene rings is 2. The normalized spacial score (nSPS) is 17.8. The molecule has 1 aliphatic heterocycles. The molecule has 3 heterocycles. The van der Waals surface area contributed by atoms with Crippen LogP contribution in [0.15, 0.2) is 60.9 Å². The highest BCUT2D eigenvalue weighted by Crippen LogP contribution is 2.32. The number of Topliss-reactive ketones (excluding diaryl/α,β-unsaturated/α-hetero) is 1.